The van der Waals surface area contributed by atoms with Gasteiger partial charge in [-0.2, -0.15) is 0 Å². The van der Waals surface area contributed by atoms with Crippen molar-refractivity contribution in [3.05, 3.63) is 70.9 Å². The van der Waals surface area contributed by atoms with Crippen molar-refractivity contribution in [1.29, 1.82) is 0 Å². The number of nitrogens with one attached hydrogen (secondary N) is 2. The highest BCUT2D eigenvalue weighted by atomic mass is 32.2. The Bertz CT molecular complexity index is 1180. The van der Waals surface area contributed by atoms with Gasteiger partial charge in [0.05, 0.1) is 16.7 Å². The molecule has 1 aromatic carbocycles. The Morgan fingerprint density at radius 2 is 2.03 bits per heavy atom. The number of carbonyl (C=O) groups excluding carboxylic acids is 1. The first-order valence-electron chi connectivity index (χ1n) is 10.1. The largest absolute Gasteiger partial charge is 0.363 e. The molecule has 1 amide bonds. The topological polar surface area (TPSA) is 88.2 Å². The smallest absolute Gasteiger partial charge is 0.251 e. The van der Waals surface area contributed by atoms with E-state index in [1.165, 1.54) is 0 Å². The van der Waals surface area contributed by atoms with Crippen LogP contribution in [0.4, 0.5) is 5.82 Å². The molecule has 0 radical (unpaired) electrons. The number of anilines is 1. The summed E-state index contributed by atoms with van der Waals surface area (Å²) in [6.07, 6.45) is 5.63. The van der Waals surface area contributed by atoms with Crippen LogP contribution in [0.25, 0.3) is 5.57 Å². The summed E-state index contributed by atoms with van der Waals surface area (Å²) < 4.78 is 24.9. The minimum absolute atomic E-state index is 0.0408. The minimum atomic E-state index is -3.34. The van der Waals surface area contributed by atoms with Crippen molar-refractivity contribution in [2.45, 2.75) is 37.6 Å². The van der Waals surface area contributed by atoms with Gasteiger partial charge in [0, 0.05) is 29.8 Å². The number of hydrogen-bond donors (Lipinski definition) is 2. The van der Waals surface area contributed by atoms with E-state index in [9.17, 15) is 13.2 Å². The summed E-state index contributed by atoms with van der Waals surface area (Å²) in [6, 6.07) is 8.97. The Balaban J connectivity index is 1.87. The van der Waals surface area contributed by atoms with Crippen LogP contribution in [0, 0.1) is 6.92 Å². The summed E-state index contributed by atoms with van der Waals surface area (Å²) in [7, 11) is -3.34. The molecule has 1 aliphatic carbocycles. The number of pyridine rings is 1. The summed E-state index contributed by atoms with van der Waals surface area (Å²) in [6.45, 7) is 6.05. The average Bonchev–Trinajstić information content (AvgIpc) is 3.11. The number of amides is 1. The molecule has 2 heterocycles. The first-order valence-corrected chi connectivity index (χ1v) is 11.8. The van der Waals surface area contributed by atoms with Gasteiger partial charge in [0.15, 0.2) is 9.84 Å². The molecule has 0 bridgehead atoms. The lowest BCUT2D eigenvalue weighted by Crippen LogP contribution is -2.29. The number of carbonyl (C=O) groups is 1. The maximum absolute atomic E-state index is 12.6. The van der Waals surface area contributed by atoms with Crippen LogP contribution < -0.4 is 10.6 Å². The number of benzene rings is 1. The zero-order chi connectivity index (χ0) is 21.5. The summed E-state index contributed by atoms with van der Waals surface area (Å²) in [4.78, 5) is 17.4. The molecule has 1 aromatic heterocycles. The van der Waals surface area contributed by atoms with Gasteiger partial charge in [0.1, 0.15) is 5.82 Å². The summed E-state index contributed by atoms with van der Waals surface area (Å²) in [5, 5.41) is 6.27. The van der Waals surface area contributed by atoms with E-state index in [0.29, 0.717) is 17.0 Å². The summed E-state index contributed by atoms with van der Waals surface area (Å²) >= 11 is 0. The number of likely N-dealkylation sites (N-methyl/N-ethyl adjacent to an activating group) is 1. The highest BCUT2D eigenvalue weighted by Gasteiger charge is 2.38. The Morgan fingerprint density at radius 1 is 1.23 bits per heavy atom. The third-order valence-electron chi connectivity index (χ3n) is 5.56. The molecule has 2 aliphatic rings. The van der Waals surface area contributed by atoms with Gasteiger partial charge in [0.2, 0.25) is 0 Å². The zero-order valence-electron chi connectivity index (χ0n) is 17.3. The average molecular weight is 424 g/mol. The van der Waals surface area contributed by atoms with E-state index in [1.54, 1.807) is 25.1 Å². The number of aryl methyl sites for hydroxylation is 1. The Labute approximate surface area is 177 Å². The van der Waals surface area contributed by atoms with Crippen LogP contribution in [-0.4, -0.2) is 37.6 Å². The molecule has 0 spiro atoms. The lowest BCUT2D eigenvalue weighted by molar-refractivity contribution is -0.117. The molecule has 6 nitrogen and oxygen atoms in total. The van der Waals surface area contributed by atoms with Gasteiger partial charge in [-0.25, -0.2) is 13.4 Å². The van der Waals surface area contributed by atoms with Crippen molar-refractivity contribution in [2.75, 3.05) is 17.6 Å². The predicted molar refractivity (Wildman–Crippen MR) is 118 cm³/mol. The van der Waals surface area contributed by atoms with Crippen molar-refractivity contribution >= 4 is 27.1 Å². The van der Waals surface area contributed by atoms with Crippen LogP contribution in [-0.2, 0) is 14.6 Å². The number of nitrogens with zero attached hydrogens (tertiary/aromatic N) is 1. The normalized spacial score (nSPS) is 19.8. The van der Waals surface area contributed by atoms with Crippen LogP contribution in [0.1, 0.15) is 36.5 Å². The van der Waals surface area contributed by atoms with Crippen LogP contribution >= 0.6 is 0 Å². The molecule has 156 valence electrons. The maximum atomic E-state index is 12.6. The maximum Gasteiger partial charge on any atom is 0.251 e. The van der Waals surface area contributed by atoms with Crippen molar-refractivity contribution < 1.29 is 13.2 Å². The molecule has 0 saturated heterocycles. The fourth-order valence-corrected chi connectivity index (χ4v) is 5.01. The van der Waals surface area contributed by atoms with Gasteiger partial charge < -0.3 is 10.6 Å². The first-order chi connectivity index (χ1) is 14.3. The van der Waals surface area contributed by atoms with E-state index in [0.717, 1.165) is 28.1 Å². The lowest BCUT2D eigenvalue weighted by atomic mass is 9.79. The molecule has 4 rings (SSSR count). The highest BCUT2D eigenvalue weighted by Crippen LogP contribution is 2.47. The molecule has 2 unspecified atom stereocenters. The van der Waals surface area contributed by atoms with Gasteiger partial charge in [-0.3, -0.25) is 4.79 Å². The Kier molecular flexibility index (Phi) is 5.24. The van der Waals surface area contributed by atoms with Crippen LogP contribution in [0.5, 0.6) is 0 Å². The van der Waals surface area contributed by atoms with Gasteiger partial charge in [0.25, 0.3) is 5.91 Å². The number of aromatic nitrogens is 1. The van der Waals surface area contributed by atoms with Crippen molar-refractivity contribution in [2.24, 2.45) is 0 Å². The second-order valence-electron chi connectivity index (χ2n) is 7.61. The van der Waals surface area contributed by atoms with E-state index < -0.39 is 9.84 Å². The molecule has 2 aromatic rings. The zero-order valence-corrected chi connectivity index (χ0v) is 18.1. The van der Waals surface area contributed by atoms with E-state index >= 15 is 0 Å². The van der Waals surface area contributed by atoms with E-state index in [2.05, 4.69) is 21.7 Å². The van der Waals surface area contributed by atoms with Crippen LogP contribution in [0.15, 0.2) is 59.1 Å². The van der Waals surface area contributed by atoms with Gasteiger partial charge >= 0.3 is 0 Å². The van der Waals surface area contributed by atoms with Crippen molar-refractivity contribution in [3.63, 3.8) is 0 Å². The van der Waals surface area contributed by atoms with Crippen molar-refractivity contribution in [3.8, 4) is 0 Å². The second kappa shape index (κ2) is 7.72. The molecule has 30 heavy (non-hydrogen) atoms. The molecular formula is C23H25N3O3S. The van der Waals surface area contributed by atoms with Gasteiger partial charge in [-0.15, -0.1) is 0 Å². The van der Waals surface area contributed by atoms with Crippen molar-refractivity contribution in [1.82, 2.24) is 10.3 Å². The third-order valence-corrected chi connectivity index (χ3v) is 7.29. The summed E-state index contributed by atoms with van der Waals surface area (Å²) in [5.41, 5.74) is 4.38. The number of sulfone groups is 1. The van der Waals surface area contributed by atoms with E-state index in [1.807, 2.05) is 38.3 Å². The number of hydrogen-bond acceptors (Lipinski definition) is 5. The van der Waals surface area contributed by atoms with Gasteiger partial charge in [-0.1, -0.05) is 25.1 Å². The fraction of sp³-hybridized carbons (Fsp3) is 0.304. The summed E-state index contributed by atoms with van der Waals surface area (Å²) in [5.74, 6) is 0.643. The minimum Gasteiger partial charge on any atom is -0.363 e. The molecule has 7 heteroatoms. The Morgan fingerprint density at radius 3 is 2.77 bits per heavy atom. The monoisotopic (exact) mass is 423 g/mol. The quantitative estimate of drug-likeness (QED) is 0.771. The number of fused-ring (bicyclic) bond motifs is 3. The SMILES string of the molecule is CCNC(=O)C1=CC2Nc3ncc(C)cc3C2C(c2cccc(S(=O)(=O)CC)c2)=C1. The number of rotatable bonds is 5. The molecule has 2 atom stereocenters. The Hall–Kier alpha value is -2.93. The standard InChI is InChI=1S/C23H25N3O3S/c1-4-24-23(27)16-11-18(15-7-6-8-17(10-15)30(28,29)5-2)21-19-9-14(3)13-25-22(19)26-20(21)12-16/h6-13,20-21H,4-5H2,1-3H3,(H,24,27)(H,25,26). The first kappa shape index (κ1) is 20.3. The second-order valence-corrected chi connectivity index (χ2v) is 9.89. The lowest BCUT2D eigenvalue weighted by Gasteiger charge is -2.26. The van der Waals surface area contributed by atoms with E-state index in [-0.39, 0.29) is 23.6 Å². The molecule has 2 N–H and O–H groups in total. The van der Waals surface area contributed by atoms with E-state index in [4.69, 9.17) is 0 Å². The molecule has 1 aliphatic heterocycles. The van der Waals surface area contributed by atoms with Gasteiger partial charge in [-0.05, 0) is 54.8 Å². The predicted octanol–water partition coefficient (Wildman–Crippen LogP) is 3.22. The third kappa shape index (κ3) is 3.54. The fourth-order valence-electron chi connectivity index (χ4n) is 4.08. The van der Waals surface area contributed by atoms with Crippen LogP contribution in [0.2, 0.25) is 0 Å². The highest BCUT2D eigenvalue weighted by molar-refractivity contribution is 7.91. The molecule has 0 fully saturated rings. The van der Waals surface area contributed by atoms with Crippen LogP contribution in [0.3, 0.4) is 0 Å². The molecular weight excluding hydrogens is 398 g/mol. The molecule has 0 saturated carbocycles.